The molecule has 0 aliphatic heterocycles. The van der Waals surface area contributed by atoms with Gasteiger partial charge in [-0.15, -0.1) is 0 Å². The first-order chi connectivity index (χ1) is 7.01. The molecule has 1 rings (SSSR count). The molecule has 1 heterocycles. The van der Waals surface area contributed by atoms with Gasteiger partial charge in [-0.2, -0.15) is 5.10 Å². The summed E-state index contributed by atoms with van der Waals surface area (Å²) < 4.78 is 7.55. The summed E-state index contributed by atoms with van der Waals surface area (Å²) in [5.74, 6) is 0.882. The molecule has 0 unspecified atom stereocenters. The van der Waals surface area contributed by atoms with E-state index in [2.05, 4.69) is 32.8 Å². The van der Waals surface area contributed by atoms with Crippen LogP contribution < -0.4 is 4.74 Å². The summed E-state index contributed by atoms with van der Waals surface area (Å²) in [5.41, 5.74) is 0.333. The molecule has 0 N–H and O–H groups in total. The van der Waals surface area contributed by atoms with Gasteiger partial charge in [-0.25, -0.2) is 0 Å². The molecule has 3 heteroatoms. The van der Waals surface area contributed by atoms with Crippen LogP contribution >= 0.6 is 0 Å². The van der Waals surface area contributed by atoms with Crippen molar-refractivity contribution in [2.24, 2.45) is 5.41 Å². The molecule has 0 aromatic carbocycles. The van der Waals surface area contributed by atoms with Crippen molar-refractivity contribution in [1.82, 2.24) is 9.78 Å². The Morgan fingerprint density at radius 2 is 2.13 bits per heavy atom. The summed E-state index contributed by atoms with van der Waals surface area (Å²) in [5, 5.41) is 4.21. The van der Waals surface area contributed by atoms with Gasteiger partial charge in [-0.1, -0.05) is 27.7 Å². The Bertz CT molecular complexity index is 286. The van der Waals surface area contributed by atoms with E-state index in [-0.39, 0.29) is 0 Å². The second-order valence-electron chi connectivity index (χ2n) is 5.10. The lowest BCUT2D eigenvalue weighted by atomic mass is 9.93. The van der Waals surface area contributed by atoms with E-state index in [1.54, 1.807) is 6.20 Å². The number of hydrogen-bond acceptors (Lipinski definition) is 2. The van der Waals surface area contributed by atoms with Crippen molar-refractivity contribution in [2.45, 2.75) is 47.1 Å². The molecular formula is C12H22N2O. The van der Waals surface area contributed by atoms with Crippen LogP contribution in [0.2, 0.25) is 0 Å². The first kappa shape index (κ1) is 12.1. The number of ether oxygens (including phenoxy) is 1. The highest BCUT2D eigenvalue weighted by Gasteiger charge is 2.10. The molecular weight excluding hydrogens is 188 g/mol. The fourth-order valence-corrected chi connectivity index (χ4v) is 1.25. The maximum Gasteiger partial charge on any atom is 0.157 e. The maximum absolute atomic E-state index is 5.63. The Hall–Kier alpha value is -0.990. The van der Waals surface area contributed by atoms with Crippen molar-refractivity contribution in [1.29, 1.82) is 0 Å². The smallest absolute Gasteiger partial charge is 0.157 e. The third kappa shape index (κ3) is 4.86. The zero-order valence-corrected chi connectivity index (χ0v) is 10.3. The zero-order chi connectivity index (χ0) is 11.3. The van der Waals surface area contributed by atoms with E-state index in [1.165, 1.54) is 0 Å². The van der Waals surface area contributed by atoms with Crippen molar-refractivity contribution in [3.05, 3.63) is 12.4 Å². The first-order valence-electron chi connectivity index (χ1n) is 5.66. The Kier molecular flexibility index (Phi) is 4.18. The second-order valence-corrected chi connectivity index (χ2v) is 5.10. The molecule has 3 nitrogen and oxygen atoms in total. The average molecular weight is 210 g/mol. The summed E-state index contributed by atoms with van der Waals surface area (Å²) in [7, 11) is 0. The molecule has 15 heavy (non-hydrogen) atoms. The average Bonchev–Trinajstić information content (AvgIpc) is 2.51. The topological polar surface area (TPSA) is 27.1 Å². The van der Waals surface area contributed by atoms with E-state index < -0.39 is 0 Å². The summed E-state index contributed by atoms with van der Waals surface area (Å²) in [6.45, 7) is 10.5. The minimum Gasteiger partial charge on any atom is -0.490 e. The van der Waals surface area contributed by atoms with E-state index in [0.29, 0.717) is 5.41 Å². The van der Waals surface area contributed by atoms with E-state index in [4.69, 9.17) is 4.74 Å². The molecule has 0 saturated heterocycles. The van der Waals surface area contributed by atoms with Crippen LogP contribution in [0, 0.1) is 5.41 Å². The van der Waals surface area contributed by atoms with Crippen LogP contribution in [-0.4, -0.2) is 16.4 Å². The van der Waals surface area contributed by atoms with Crippen molar-refractivity contribution in [3.63, 3.8) is 0 Å². The van der Waals surface area contributed by atoms with Crippen molar-refractivity contribution in [2.75, 3.05) is 6.61 Å². The number of rotatable bonds is 5. The van der Waals surface area contributed by atoms with Crippen LogP contribution in [0.4, 0.5) is 0 Å². The van der Waals surface area contributed by atoms with E-state index in [9.17, 15) is 0 Å². The number of hydrogen-bond donors (Lipinski definition) is 0. The van der Waals surface area contributed by atoms with Crippen molar-refractivity contribution in [3.8, 4) is 5.75 Å². The first-order valence-corrected chi connectivity index (χ1v) is 5.66. The molecule has 0 radical (unpaired) electrons. The van der Waals surface area contributed by atoms with Crippen LogP contribution in [0.5, 0.6) is 5.75 Å². The largest absolute Gasteiger partial charge is 0.490 e. The molecule has 1 aromatic heterocycles. The van der Waals surface area contributed by atoms with E-state index in [1.807, 2.05) is 10.9 Å². The Morgan fingerprint density at radius 3 is 2.73 bits per heavy atom. The monoisotopic (exact) mass is 210 g/mol. The summed E-state index contributed by atoms with van der Waals surface area (Å²) >= 11 is 0. The van der Waals surface area contributed by atoms with Gasteiger partial charge in [-0.3, -0.25) is 4.68 Å². The van der Waals surface area contributed by atoms with Gasteiger partial charge in [0.25, 0.3) is 0 Å². The maximum atomic E-state index is 5.63. The fraction of sp³-hybridized carbons (Fsp3) is 0.750. The SMILES string of the molecule is CCCn1cc(OCCC(C)(C)C)cn1. The van der Waals surface area contributed by atoms with Gasteiger partial charge < -0.3 is 4.74 Å². The van der Waals surface area contributed by atoms with Crippen LogP contribution in [0.15, 0.2) is 12.4 Å². The van der Waals surface area contributed by atoms with Gasteiger partial charge in [0.05, 0.1) is 19.0 Å². The summed E-state index contributed by atoms with van der Waals surface area (Å²) in [6.07, 6.45) is 5.92. The second kappa shape index (κ2) is 5.19. The summed E-state index contributed by atoms with van der Waals surface area (Å²) in [6, 6.07) is 0. The molecule has 0 bridgehead atoms. The molecule has 0 aliphatic carbocycles. The predicted molar refractivity (Wildman–Crippen MR) is 62.1 cm³/mol. The van der Waals surface area contributed by atoms with Crippen molar-refractivity contribution < 1.29 is 4.74 Å². The van der Waals surface area contributed by atoms with E-state index in [0.717, 1.165) is 31.7 Å². The number of aromatic nitrogens is 2. The van der Waals surface area contributed by atoms with Crippen LogP contribution in [-0.2, 0) is 6.54 Å². The molecule has 0 fully saturated rings. The molecule has 1 aromatic rings. The lowest BCUT2D eigenvalue weighted by Crippen LogP contribution is -2.10. The third-order valence-electron chi connectivity index (χ3n) is 2.18. The van der Waals surface area contributed by atoms with Gasteiger partial charge >= 0.3 is 0 Å². The summed E-state index contributed by atoms with van der Waals surface area (Å²) in [4.78, 5) is 0. The fourth-order valence-electron chi connectivity index (χ4n) is 1.25. The lowest BCUT2D eigenvalue weighted by Gasteiger charge is -2.17. The normalized spacial score (nSPS) is 11.7. The number of nitrogens with zero attached hydrogens (tertiary/aromatic N) is 2. The zero-order valence-electron chi connectivity index (χ0n) is 10.3. The third-order valence-corrected chi connectivity index (χ3v) is 2.18. The van der Waals surface area contributed by atoms with Gasteiger partial charge in [0, 0.05) is 6.54 Å². The Labute approximate surface area is 92.4 Å². The van der Waals surface area contributed by atoms with E-state index >= 15 is 0 Å². The standard InChI is InChI=1S/C12H22N2O/c1-5-7-14-10-11(9-13-14)15-8-6-12(2,3)4/h9-10H,5-8H2,1-4H3. The highest BCUT2D eigenvalue weighted by Crippen LogP contribution is 2.19. The Balaban J connectivity index is 2.31. The lowest BCUT2D eigenvalue weighted by molar-refractivity contribution is 0.243. The van der Waals surface area contributed by atoms with Crippen LogP contribution in [0.1, 0.15) is 40.5 Å². The van der Waals surface area contributed by atoms with Gasteiger partial charge in [0.1, 0.15) is 0 Å². The van der Waals surface area contributed by atoms with Gasteiger partial charge in [0.2, 0.25) is 0 Å². The highest BCUT2D eigenvalue weighted by atomic mass is 16.5. The quantitative estimate of drug-likeness (QED) is 0.746. The minimum absolute atomic E-state index is 0.333. The van der Waals surface area contributed by atoms with Crippen LogP contribution in [0.25, 0.3) is 0 Å². The molecule has 0 aliphatic rings. The van der Waals surface area contributed by atoms with Gasteiger partial charge in [-0.05, 0) is 18.3 Å². The predicted octanol–water partition coefficient (Wildman–Crippen LogP) is 3.11. The molecule has 0 atom stereocenters. The molecule has 0 saturated carbocycles. The molecule has 0 spiro atoms. The van der Waals surface area contributed by atoms with Crippen molar-refractivity contribution >= 4 is 0 Å². The molecule has 86 valence electrons. The Morgan fingerprint density at radius 1 is 1.40 bits per heavy atom. The molecule has 0 amide bonds. The van der Waals surface area contributed by atoms with Gasteiger partial charge in [0.15, 0.2) is 5.75 Å². The highest BCUT2D eigenvalue weighted by molar-refractivity contribution is 5.11. The van der Waals surface area contributed by atoms with Crippen LogP contribution in [0.3, 0.4) is 0 Å². The minimum atomic E-state index is 0.333. The number of aryl methyl sites for hydroxylation is 1.